The monoisotopic (exact) mass is 361 g/mol. The first kappa shape index (κ1) is 17.8. The zero-order chi connectivity index (χ0) is 17.6. The molecule has 25 heavy (non-hydrogen) atoms. The molecule has 134 valence electrons. The number of nitrogens with one attached hydrogen (secondary N) is 1. The lowest BCUT2D eigenvalue weighted by molar-refractivity contribution is 0.168. The highest BCUT2D eigenvalue weighted by Gasteiger charge is 2.25. The van der Waals surface area contributed by atoms with Gasteiger partial charge in [0.1, 0.15) is 22.9 Å². The molecule has 1 saturated heterocycles. The molecule has 7 heteroatoms. The third-order valence-electron chi connectivity index (χ3n) is 4.61. The first-order valence-corrected chi connectivity index (χ1v) is 8.95. The molecule has 3 N–H and O–H groups in total. The number of hydrogen-bond acceptors (Lipinski definition) is 6. The largest absolute Gasteiger partial charge is 0.496 e. The molecule has 1 aliphatic heterocycles. The number of nitrogens with zero attached hydrogens (tertiary/aromatic N) is 3. The quantitative estimate of drug-likeness (QED) is 0.821. The van der Waals surface area contributed by atoms with Crippen LogP contribution in [0.1, 0.15) is 30.9 Å². The van der Waals surface area contributed by atoms with E-state index in [2.05, 4.69) is 26.3 Å². The van der Waals surface area contributed by atoms with Crippen LogP contribution in [-0.4, -0.2) is 41.6 Å². The molecule has 6 nitrogen and oxygen atoms in total. The number of piperidine rings is 1. The van der Waals surface area contributed by atoms with Crippen molar-refractivity contribution in [2.75, 3.05) is 37.8 Å². The van der Waals surface area contributed by atoms with Gasteiger partial charge in [0.2, 0.25) is 0 Å². The van der Waals surface area contributed by atoms with E-state index in [0.717, 1.165) is 24.4 Å². The Morgan fingerprint density at radius 3 is 2.76 bits per heavy atom. The average molecular weight is 362 g/mol. The van der Waals surface area contributed by atoms with E-state index in [-0.39, 0.29) is 11.9 Å². The van der Waals surface area contributed by atoms with Gasteiger partial charge in [0, 0.05) is 12.1 Å². The Kier molecular flexibility index (Phi) is 5.94. The van der Waals surface area contributed by atoms with Crippen molar-refractivity contribution in [2.45, 2.75) is 25.3 Å². The number of nitrogens with two attached hydrogens (primary N) is 1. The van der Waals surface area contributed by atoms with Gasteiger partial charge in [-0.2, -0.15) is 0 Å². The van der Waals surface area contributed by atoms with Gasteiger partial charge in [-0.1, -0.05) is 36.2 Å². The lowest BCUT2D eigenvalue weighted by Gasteiger charge is -2.35. The summed E-state index contributed by atoms with van der Waals surface area (Å²) >= 11 is 6.22. The predicted molar refractivity (Wildman–Crippen MR) is 101 cm³/mol. The molecule has 0 radical (unpaired) electrons. The molecule has 0 amide bonds. The number of rotatable bonds is 6. The van der Waals surface area contributed by atoms with Crippen molar-refractivity contribution in [3.05, 3.63) is 41.2 Å². The Bertz CT molecular complexity index is 706. The molecule has 0 bridgehead atoms. The summed E-state index contributed by atoms with van der Waals surface area (Å²) in [4.78, 5) is 10.6. The summed E-state index contributed by atoms with van der Waals surface area (Å²) < 4.78 is 5.59. The van der Waals surface area contributed by atoms with E-state index in [1.165, 1.54) is 25.6 Å². The lowest BCUT2D eigenvalue weighted by atomic mass is 10.0. The summed E-state index contributed by atoms with van der Waals surface area (Å²) in [6.07, 6.45) is 5.14. The van der Waals surface area contributed by atoms with E-state index in [1.807, 2.05) is 18.2 Å². The number of methoxy groups -OCH3 is 1. The molecular formula is C18H24ClN5O. The number of hydrogen-bond donors (Lipinski definition) is 2. The Labute approximate surface area is 153 Å². The Morgan fingerprint density at radius 1 is 1.24 bits per heavy atom. The fourth-order valence-corrected chi connectivity index (χ4v) is 3.47. The number of likely N-dealkylation sites (tertiary alicyclic amines) is 1. The van der Waals surface area contributed by atoms with Crippen LogP contribution in [0.5, 0.6) is 5.75 Å². The SMILES string of the molecule is COc1ccccc1C(CNc1ncnc(N)c1Cl)N1CCCCC1. The van der Waals surface area contributed by atoms with Crippen molar-refractivity contribution in [1.29, 1.82) is 0 Å². The molecule has 1 aromatic heterocycles. The van der Waals surface area contributed by atoms with Crippen molar-refractivity contribution >= 4 is 23.2 Å². The second kappa shape index (κ2) is 8.36. The molecule has 1 aromatic carbocycles. The van der Waals surface area contributed by atoms with Gasteiger partial charge in [-0.15, -0.1) is 0 Å². The van der Waals surface area contributed by atoms with Gasteiger partial charge in [0.25, 0.3) is 0 Å². The van der Waals surface area contributed by atoms with Crippen molar-refractivity contribution in [2.24, 2.45) is 0 Å². The zero-order valence-corrected chi connectivity index (χ0v) is 15.2. The summed E-state index contributed by atoms with van der Waals surface area (Å²) in [7, 11) is 1.71. The van der Waals surface area contributed by atoms with Crippen molar-refractivity contribution < 1.29 is 4.74 Å². The first-order chi connectivity index (χ1) is 12.2. The molecule has 2 heterocycles. The highest BCUT2D eigenvalue weighted by atomic mass is 35.5. The van der Waals surface area contributed by atoms with E-state index in [1.54, 1.807) is 7.11 Å². The van der Waals surface area contributed by atoms with Crippen molar-refractivity contribution in [3.8, 4) is 5.75 Å². The number of ether oxygens (including phenoxy) is 1. The minimum Gasteiger partial charge on any atom is -0.496 e. The van der Waals surface area contributed by atoms with Crippen LogP contribution in [0.25, 0.3) is 0 Å². The second-order valence-corrected chi connectivity index (χ2v) is 6.53. The normalized spacial score (nSPS) is 16.4. The Morgan fingerprint density at radius 2 is 2.00 bits per heavy atom. The Balaban J connectivity index is 1.84. The number of nitrogen functional groups attached to an aromatic ring is 1. The van der Waals surface area contributed by atoms with Crippen LogP contribution in [-0.2, 0) is 0 Å². The molecule has 1 aliphatic rings. The van der Waals surface area contributed by atoms with Gasteiger partial charge in [0.05, 0.1) is 13.2 Å². The topological polar surface area (TPSA) is 76.3 Å². The van der Waals surface area contributed by atoms with E-state index in [4.69, 9.17) is 22.1 Å². The van der Waals surface area contributed by atoms with Gasteiger partial charge in [-0.3, -0.25) is 4.90 Å². The van der Waals surface area contributed by atoms with Crippen molar-refractivity contribution in [1.82, 2.24) is 14.9 Å². The van der Waals surface area contributed by atoms with E-state index >= 15 is 0 Å². The maximum Gasteiger partial charge on any atom is 0.150 e. The van der Waals surface area contributed by atoms with Gasteiger partial charge in [-0.05, 0) is 32.0 Å². The molecule has 1 unspecified atom stereocenters. The number of benzene rings is 1. The maximum atomic E-state index is 6.22. The van der Waals surface area contributed by atoms with Gasteiger partial charge >= 0.3 is 0 Å². The number of para-hydroxylation sites is 1. The summed E-state index contributed by atoms with van der Waals surface area (Å²) in [5, 5.41) is 3.70. The average Bonchev–Trinajstić information content (AvgIpc) is 2.66. The maximum absolute atomic E-state index is 6.22. The van der Waals surface area contributed by atoms with E-state index < -0.39 is 0 Å². The summed E-state index contributed by atoms with van der Waals surface area (Å²) in [5.41, 5.74) is 6.94. The van der Waals surface area contributed by atoms with Crippen molar-refractivity contribution in [3.63, 3.8) is 0 Å². The van der Waals surface area contributed by atoms with Crippen LogP contribution < -0.4 is 15.8 Å². The zero-order valence-electron chi connectivity index (χ0n) is 14.4. The highest BCUT2D eigenvalue weighted by Crippen LogP contribution is 2.32. The third-order valence-corrected chi connectivity index (χ3v) is 4.98. The third kappa shape index (κ3) is 4.14. The predicted octanol–water partition coefficient (Wildman–Crippen LogP) is 3.36. The van der Waals surface area contributed by atoms with Crippen LogP contribution in [0.3, 0.4) is 0 Å². The molecule has 2 aromatic rings. The minimum absolute atomic E-state index is 0.170. The smallest absolute Gasteiger partial charge is 0.150 e. The molecule has 1 atom stereocenters. The van der Waals surface area contributed by atoms with Gasteiger partial charge in [0.15, 0.2) is 5.82 Å². The molecule has 0 spiro atoms. The summed E-state index contributed by atoms with van der Waals surface area (Å²) in [6.45, 7) is 2.81. The second-order valence-electron chi connectivity index (χ2n) is 6.16. The molecule has 0 saturated carbocycles. The molecule has 0 aliphatic carbocycles. The Hall–Kier alpha value is -2.05. The number of aromatic nitrogens is 2. The van der Waals surface area contributed by atoms with Crippen LogP contribution in [0.15, 0.2) is 30.6 Å². The van der Waals surface area contributed by atoms with Gasteiger partial charge in [-0.25, -0.2) is 9.97 Å². The number of anilines is 2. The molecule has 3 rings (SSSR count). The van der Waals surface area contributed by atoms with E-state index in [9.17, 15) is 0 Å². The first-order valence-electron chi connectivity index (χ1n) is 8.57. The van der Waals surface area contributed by atoms with Crippen LogP contribution in [0, 0.1) is 0 Å². The summed E-state index contributed by atoms with van der Waals surface area (Å²) in [6, 6.07) is 8.33. The van der Waals surface area contributed by atoms with Crippen LogP contribution in [0.2, 0.25) is 5.02 Å². The van der Waals surface area contributed by atoms with Crippen LogP contribution in [0.4, 0.5) is 11.6 Å². The lowest BCUT2D eigenvalue weighted by Crippen LogP contribution is -2.37. The number of halogens is 1. The highest BCUT2D eigenvalue weighted by molar-refractivity contribution is 6.35. The molecular weight excluding hydrogens is 338 g/mol. The van der Waals surface area contributed by atoms with E-state index in [0.29, 0.717) is 17.4 Å². The molecule has 1 fully saturated rings. The summed E-state index contributed by atoms with van der Waals surface area (Å²) in [5.74, 6) is 1.74. The standard InChI is InChI=1S/C18H24ClN5O/c1-25-15-8-4-3-7-13(15)14(24-9-5-2-6-10-24)11-21-18-16(19)17(20)22-12-23-18/h3-4,7-8,12,14H,2,5-6,9-11H2,1H3,(H3,20,21,22,23). The fraction of sp³-hybridized carbons (Fsp3) is 0.444. The van der Waals surface area contributed by atoms with Crippen LogP contribution >= 0.6 is 11.6 Å². The minimum atomic E-state index is 0.170. The fourth-order valence-electron chi connectivity index (χ4n) is 3.31. The van der Waals surface area contributed by atoms with Gasteiger partial charge < -0.3 is 15.8 Å².